The van der Waals surface area contributed by atoms with Gasteiger partial charge in [0.1, 0.15) is 22.7 Å². The van der Waals surface area contributed by atoms with E-state index in [0.717, 1.165) is 36.8 Å². The Kier molecular flexibility index (Phi) is 6.69. The topological polar surface area (TPSA) is 85.9 Å². The molecule has 1 aromatic carbocycles. The lowest BCUT2D eigenvalue weighted by atomic mass is 9.93. The van der Waals surface area contributed by atoms with Crippen LogP contribution in [-0.4, -0.2) is 53.6 Å². The second kappa shape index (κ2) is 9.91. The number of carbonyl (C=O) groups is 2. The average molecular weight is 494 g/mol. The lowest BCUT2D eigenvalue weighted by Gasteiger charge is -2.44. The molecule has 1 fully saturated rings. The Labute approximate surface area is 211 Å². The van der Waals surface area contributed by atoms with E-state index >= 15 is 0 Å². The summed E-state index contributed by atoms with van der Waals surface area (Å²) < 4.78 is 18.4. The fourth-order valence-corrected chi connectivity index (χ4v) is 5.68. The lowest BCUT2D eigenvalue weighted by molar-refractivity contribution is -0.133. The van der Waals surface area contributed by atoms with Crippen LogP contribution in [0.4, 0.5) is 0 Å². The van der Waals surface area contributed by atoms with E-state index in [1.807, 2.05) is 35.8 Å². The van der Waals surface area contributed by atoms with Crippen molar-refractivity contribution in [3.8, 4) is 11.5 Å². The van der Waals surface area contributed by atoms with Crippen molar-refractivity contribution < 1.29 is 23.5 Å². The maximum Gasteiger partial charge on any atom is 0.271 e. The van der Waals surface area contributed by atoms with Gasteiger partial charge in [0.15, 0.2) is 5.58 Å². The van der Waals surface area contributed by atoms with Crippen molar-refractivity contribution >= 4 is 22.9 Å². The zero-order valence-electron chi connectivity index (χ0n) is 21.3. The number of rotatable bonds is 7. The Bertz CT molecular complexity index is 1250. The van der Waals surface area contributed by atoms with E-state index in [1.54, 1.807) is 31.4 Å². The van der Waals surface area contributed by atoms with E-state index < -0.39 is 5.54 Å². The number of hydrogen-bond donors (Lipinski definition) is 1. The van der Waals surface area contributed by atoms with Crippen molar-refractivity contribution in [3.63, 3.8) is 0 Å². The molecule has 3 aromatic rings. The Morgan fingerprint density at radius 1 is 1.11 bits per heavy atom. The minimum Gasteiger partial charge on any atom is -0.497 e. The highest BCUT2D eigenvalue weighted by molar-refractivity contribution is 6.03. The first-order chi connectivity index (χ1) is 17.4. The molecule has 1 aliphatic heterocycles. The molecule has 1 aliphatic carbocycles. The molecule has 192 valence electrons. The summed E-state index contributed by atoms with van der Waals surface area (Å²) in [5, 5.41) is 3.31. The predicted molar refractivity (Wildman–Crippen MR) is 137 cm³/mol. The highest BCUT2D eigenvalue weighted by Crippen LogP contribution is 2.34. The minimum absolute atomic E-state index is 0.0968. The molecule has 2 aromatic heterocycles. The average Bonchev–Trinajstić information content (AvgIpc) is 3.38. The third-order valence-corrected chi connectivity index (χ3v) is 7.83. The quantitative estimate of drug-likeness (QED) is 0.488. The van der Waals surface area contributed by atoms with Crippen LogP contribution in [-0.2, 0) is 17.8 Å². The number of nitrogens with one attached hydrogen (secondary N) is 1. The van der Waals surface area contributed by atoms with Gasteiger partial charge in [-0.15, -0.1) is 0 Å². The summed E-state index contributed by atoms with van der Waals surface area (Å²) in [6.45, 7) is 2.63. The van der Waals surface area contributed by atoms with Gasteiger partial charge in [0.2, 0.25) is 5.91 Å². The number of hydrogen-bond acceptors (Lipinski definition) is 5. The van der Waals surface area contributed by atoms with Gasteiger partial charge in [-0.1, -0.05) is 31.7 Å². The van der Waals surface area contributed by atoms with E-state index in [1.165, 1.54) is 12.8 Å². The third kappa shape index (κ3) is 4.33. The molecule has 8 heteroatoms. The Morgan fingerprint density at radius 3 is 2.61 bits per heavy atom. The highest BCUT2D eigenvalue weighted by atomic mass is 16.5. The summed E-state index contributed by atoms with van der Waals surface area (Å²) >= 11 is 0. The van der Waals surface area contributed by atoms with Gasteiger partial charge in [-0.25, -0.2) is 0 Å². The monoisotopic (exact) mass is 493 g/mol. The van der Waals surface area contributed by atoms with Crippen LogP contribution < -0.4 is 14.8 Å². The van der Waals surface area contributed by atoms with Crippen molar-refractivity contribution in [1.29, 1.82) is 0 Å². The molecular formula is C28H35N3O5. The number of methoxy groups -OCH3 is 2. The lowest BCUT2D eigenvalue weighted by Crippen LogP contribution is -2.65. The van der Waals surface area contributed by atoms with E-state index in [2.05, 4.69) is 5.32 Å². The maximum absolute atomic E-state index is 13.9. The molecule has 2 amide bonds. The van der Waals surface area contributed by atoms with E-state index in [-0.39, 0.29) is 17.9 Å². The predicted octanol–water partition coefficient (Wildman–Crippen LogP) is 4.55. The molecule has 0 radical (unpaired) electrons. The van der Waals surface area contributed by atoms with E-state index in [4.69, 9.17) is 13.9 Å². The summed E-state index contributed by atoms with van der Waals surface area (Å²) in [5.74, 6) is 1.14. The first-order valence-electron chi connectivity index (χ1n) is 12.8. The second-order valence-corrected chi connectivity index (χ2v) is 10.1. The Balaban J connectivity index is 1.46. The van der Waals surface area contributed by atoms with Crippen molar-refractivity contribution in [1.82, 2.24) is 14.8 Å². The summed E-state index contributed by atoms with van der Waals surface area (Å²) in [6.07, 6.45) is 8.80. The minimum atomic E-state index is -1.04. The number of ether oxygens (including phenoxy) is 2. The molecule has 36 heavy (non-hydrogen) atoms. The van der Waals surface area contributed by atoms with Crippen LogP contribution in [0.1, 0.15) is 61.5 Å². The molecule has 8 nitrogen and oxygen atoms in total. The summed E-state index contributed by atoms with van der Waals surface area (Å²) in [4.78, 5) is 29.5. The molecule has 2 aliphatic rings. The van der Waals surface area contributed by atoms with Crippen LogP contribution in [0.2, 0.25) is 0 Å². The maximum atomic E-state index is 13.9. The van der Waals surface area contributed by atoms with Crippen LogP contribution in [0.15, 0.2) is 41.0 Å². The number of amides is 2. The molecule has 1 N–H and O–H groups in total. The number of fused-ring (bicyclic) bond motifs is 3. The van der Waals surface area contributed by atoms with Gasteiger partial charge in [-0.05, 0) is 37.8 Å². The van der Waals surface area contributed by atoms with Crippen molar-refractivity contribution in [2.45, 2.75) is 70.0 Å². The molecular weight excluding hydrogens is 458 g/mol. The standard InChI is InChI=1S/C28H35N3O5/c1-28(27(33)29-20-8-6-4-5-7-9-20)18-30-22-13-15-36-25(22)17-23(30)26(32)31(28)14-12-19-10-11-21(34-2)16-24(19)35-3/h10-11,13,15-17,20H,4-9,12,14,18H2,1-3H3,(H,29,33). The molecule has 5 rings (SSSR count). The fourth-order valence-electron chi connectivity index (χ4n) is 5.68. The summed E-state index contributed by atoms with van der Waals surface area (Å²) in [5.41, 5.74) is 1.95. The molecule has 0 saturated heterocycles. The number of nitrogens with zero attached hydrogens (tertiary/aromatic N) is 2. The molecule has 1 atom stereocenters. The van der Waals surface area contributed by atoms with Crippen LogP contribution in [0.5, 0.6) is 11.5 Å². The SMILES string of the molecule is COc1ccc(CCN2C(=O)c3cc4occc4n3CC2(C)C(=O)NC2CCCCCC2)c(OC)c1. The van der Waals surface area contributed by atoms with Crippen molar-refractivity contribution in [2.75, 3.05) is 20.8 Å². The van der Waals surface area contributed by atoms with Crippen LogP contribution >= 0.6 is 0 Å². The summed E-state index contributed by atoms with van der Waals surface area (Å²) in [6, 6.07) is 9.45. The molecule has 1 saturated carbocycles. The molecule has 0 spiro atoms. The van der Waals surface area contributed by atoms with E-state index in [9.17, 15) is 9.59 Å². The van der Waals surface area contributed by atoms with Gasteiger partial charge in [-0.3, -0.25) is 9.59 Å². The van der Waals surface area contributed by atoms with Crippen molar-refractivity contribution in [3.05, 3.63) is 47.9 Å². The van der Waals surface area contributed by atoms with Gasteiger partial charge < -0.3 is 28.7 Å². The number of carbonyl (C=O) groups excluding carboxylic acids is 2. The summed E-state index contributed by atoms with van der Waals surface area (Å²) in [7, 11) is 3.24. The third-order valence-electron chi connectivity index (χ3n) is 7.83. The van der Waals surface area contributed by atoms with Crippen LogP contribution in [0, 0.1) is 0 Å². The first-order valence-corrected chi connectivity index (χ1v) is 12.8. The van der Waals surface area contributed by atoms with Gasteiger partial charge in [0.25, 0.3) is 5.91 Å². The van der Waals surface area contributed by atoms with Gasteiger partial charge in [-0.2, -0.15) is 0 Å². The Hall–Kier alpha value is -3.42. The number of aromatic nitrogens is 1. The zero-order valence-corrected chi connectivity index (χ0v) is 21.3. The van der Waals surface area contributed by atoms with Crippen LogP contribution in [0.3, 0.4) is 0 Å². The number of furan rings is 1. The van der Waals surface area contributed by atoms with Crippen LogP contribution in [0.25, 0.3) is 11.1 Å². The Morgan fingerprint density at radius 2 is 1.89 bits per heavy atom. The second-order valence-electron chi connectivity index (χ2n) is 10.1. The fraction of sp³-hybridized carbons (Fsp3) is 0.500. The van der Waals surface area contributed by atoms with E-state index in [0.29, 0.717) is 42.3 Å². The number of benzene rings is 1. The van der Waals surface area contributed by atoms with Crippen molar-refractivity contribution in [2.24, 2.45) is 0 Å². The molecule has 3 heterocycles. The highest BCUT2D eigenvalue weighted by Gasteiger charge is 2.48. The molecule has 1 unspecified atom stereocenters. The smallest absolute Gasteiger partial charge is 0.271 e. The normalized spacial score (nSPS) is 20.8. The largest absolute Gasteiger partial charge is 0.497 e. The first kappa shape index (κ1) is 24.3. The van der Waals surface area contributed by atoms with Gasteiger partial charge in [0.05, 0.1) is 32.5 Å². The molecule has 0 bridgehead atoms. The van der Waals surface area contributed by atoms with Gasteiger partial charge >= 0.3 is 0 Å². The van der Waals surface area contributed by atoms with Gasteiger partial charge in [0, 0.05) is 30.8 Å². The zero-order chi connectivity index (χ0) is 25.3.